The Hall–Kier alpha value is -3.20. The molecule has 27 heavy (non-hydrogen) atoms. The number of carbonyl (C=O) groups excluding carboxylic acids is 1. The summed E-state index contributed by atoms with van der Waals surface area (Å²) < 4.78 is 15.4. The number of rotatable bonds is 9. The Morgan fingerprint density at radius 1 is 1.30 bits per heavy atom. The number of ether oxygens (including phenoxy) is 1. The Kier molecular flexibility index (Phi) is 6.53. The fourth-order valence-corrected chi connectivity index (χ4v) is 2.53. The first-order valence-electron chi connectivity index (χ1n) is 8.52. The lowest BCUT2D eigenvalue weighted by molar-refractivity contribution is 0.174. The van der Waals surface area contributed by atoms with E-state index in [1.165, 1.54) is 6.26 Å². The summed E-state index contributed by atoms with van der Waals surface area (Å²) in [5, 5.41) is 9.43. The predicted molar refractivity (Wildman–Crippen MR) is 94.6 cm³/mol. The fraction of sp³-hybridized carbons (Fsp3) is 0.333. The molecule has 0 fully saturated rings. The molecule has 0 saturated carbocycles. The lowest BCUT2D eigenvalue weighted by Crippen LogP contribution is -2.39. The number of hydrogen-bond donors (Lipinski definition) is 2. The summed E-state index contributed by atoms with van der Waals surface area (Å²) in [6, 6.07) is 9.11. The highest BCUT2D eigenvalue weighted by Crippen LogP contribution is 2.16. The normalized spacial score (nSPS) is 11.9. The van der Waals surface area contributed by atoms with Crippen LogP contribution in [0.2, 0.25) is 0 Å². The van der Waals surface area contributed by atoms with Crippen molar-refractivity contribution in [3.05, 3.63) is 66.0 Å². The molecule has 0 aliphatic heterocycles. The van der Waals surface area contributed by atoms with E-state index in [0.29, 0.717) is 37.0 Å². The highest BCUT2D eigenvalue weighted by atomic mass is 16.5. The number of urea groups is 1. The summed E-state index contributed by atoms with van der Waals surface area (Å²) >= 11 is 0. The number of carbonyl (C=O) groups is 1. The van der Waals surface area contributed by atoms with E-state index in [4.69, 9.17) is 13.7 Å². The molecular weight excluding hydrogens is 350 g/mol. The van der Waals surface area contributed by atoms with Gasteiger partial charge in [0.05, 0.1) is 6.20 Å². The smallest absolute Gasteiger partial charge is 0.315 e. The van der Waals surface area contributed by atoms with Crippen LogP contribution in [0.4, 0.5) is 4.79 Å². The SMILES string of the molecule is COCc1noc(CCNC(=O)NC(Cc2ccccc2)c2ncco2)n1. The van der Waals surface area contributed by atoms with Crippen molar-refractivity contribution < 1.29 is 18.5 Å². The lowest BCUT2D eigenvalue weighted by atomic mass is 10.1. The minimum absolute atomic E-state index is 0.286. The molecular formula is C18H21N5O4. The van der Waals surface area contributed by atoms with Crippen molar-refractivity contribution in [2.24, 2.45) is 0 Å². The molecule has 2 N–H and O–H groups in total. The van der Waals surface area contributed by atoms with Gasteiger partial charge in [0, 0.05) is 26.5 Å². The van der Waals surface area contributed by atoms with Crippen LogP contribution in [0, 0.1) is 0 Å². The lowest BCUT2D eigenvalue weighted by Gasteiger charge is -2.16. The molecule has 0 saturated heterocycles. The third kappa shape index (κ3) is 5.65. The monoisotopic (exact) mass is 371 g/mol. The molecule has 0 aliphatic carbocycles. The van der Waals surface area contributed by atoms with Crippen LogP contribution in [0.25, 0.3) is 0 Å². The van der Waals surface area contributed by atoms with Crippen LogP contribution in [-0.4, -0.2) is 34.8 Å². The molecule has 2 heterocycles. The Morgan fingerprint density at radius 3 is 2.89 bits per heavy atom. The van der Waals surface area contributed by atoms with Gasteiger partial charge in [-0.1, -0.05) is 35.5 Å². The topological polar surface area (TPSA) is 115 Å². The van der Waals surface area contributed by atoms with E-state index in [1.807, 2.05) is 30.3 Å². The van der Waals surface area contributed by atoms with E-state index in [0.717, 1.165) is 5.56 Å². The summed E-state index contributed by atoms with van der Waals surface area (Å²) in [7, 11) is 1.56. The second kappa shape index (κ2) is 9.48. The molecule has 0 radical (unpaired) electrons. The van der Waals surface area contributed by atoms with Gasteiger partial charge in [0.2, 0.25) is 11.8 Å². The largest absolute Gasteiger partial charge is 0.447 e. The number of aromatic nitrogens is 3. The van der Waals surface area contributed by atoms with E-state index in [9.17, 15) is 4.79 Å². The van der Waals surface area contributed by atoms with E-state index in [-0.39, 0.29) is 18.7 Å². The second-order valence-corrected chi connectivity index (χ2v) is 5.80. The minimum atomic E-state index is -0.376. The van der Waals surface area contributed by atoms with E-state index in [1.54, 1.807) is 13.3 Å². The number of amides is 2. The average molecular weight is 371 g/mol. The third-order valence-electron chi connectivity index (χ3n) is 3.75. The van der Waals surface area contributed by atoms with Crippen LogP contribution in [0.15, 0.2) is 51.7 Å². The molecule has 3 rings (SSSR count). The average Bonchev–Trinajstić information content (AvgIpc) is 3.35. The highest BCUT2D eigenvalue weighted by molar-refractivity contribution is 5.74. The fourth-order valence-electron chi connectivity index (χ4n) is 2.53. The van der Waals surface area contributed by atoms with Gasteiger partial charge in [0.15, 0.2) is 5.82 Å². The van der Waals surface area contributed by atoms with Gasteiger partial charge in [-0.25, -0.2) is 9.78 Å². The molecule has 0 aliphatic rings. The molecule has 0 bridgehead atoms. The summed E-state index contributed by atoms with van der Waals surface area (Å²) in [4.78, 5) is 20.6. The first-order valence-corrected chi connectivity index (χ1v) is 8.52. The van der Waals surface area contributed by atoms with Gasteiger partial charge in [0.25, 0.3) is 0 Å². The van der Waals surface area contributed by atoms with Gasteiger partial charge in [0.1, 0.15) is 18.9 Å². The van der Waals surface area contributed by atoms with Crippen molar-refractivity contribution in [3.8, 4) is 0 Å². The van der Waals surface area contributed by atoms with E-state index in [2.05, 4.69) is 25.8 Å². The van der Waals surface area contributed by atoms with E-state index < -0.39 is 0 Å². The highest BCUT2D eigenvalue weighted by Gasteiger charge is 2.19. The van der Waals surface area contributed by atoms with Gasteiger partial charge < -0.3 is 24.3 Å². The zero-order valence-electron chi connectivity index (χ0n) is 14.9. The molecule has 0 spiro atoms. The summed E-state index contributed by atoms with van der Waals surface area (Å²) in [6.07, 6.45) is 4.03. The molecule has 1 aromatic carbocycles. The maximum Gasteiger partial charge on any atom is 0.315 e. The maximum absolute atomic E-state index is 12.3. The van der Waals surface area contributed by atoms with Crippen LogP contribution in [0.1, 0.15) is 29.2 Å². The zero-order valence-corrected chi connectivity index (χ0v) is 14.9. The summed E-state index contributed by atoms with van der Waals surface area (Å²) in [5.74, 6) is 1.37. The molecule has 142 valence electrons. The van der Waals surface area contributed by atoms with Crippen molar-refractivity contribution in [1.82, 2.24) is 25.8 Å². The minimum Gasteiger partial charge on any atom is -0.447 e. The number of hydrogen-bond acceptors (Lipinski definition) is 7. The summed E-state index contributed by atoms with van der Waals surface area (Å²) in [5.41, 5.74) is 1.07. The molecule has 9 nitrogen and oxygen atoms in total. The number of benzene rings is 1. The van der Waals surface area contributed by atoms with Crippen LogP contribution in [0.3, 0.4) is 0 Å². The Balaban J connectivity index is 1.51. The Morgan fingerprint density at radius 2 is 2.15 bits per heavy atom. The maximum atomic E-state index is 12.3. The number of nitrogens with one attached hydrogen (secondary N) is 2. The number of methoxy groups -OCH3 is 1. The van der Waals surface area contributed by atoms with Crippen molar-refractivity contribution in [2.45, 2.75) is 25.5 Å². The number of nitrogens with zero attached hydrogens (tertiary/aromatic N) is 3. The quantitative estimate of drug-likeness (QED) is 0.591. The van der Waals surface area contributed by atoms with Crippen LogP contribution >= 0.6 is 0 Å². The first kappa shape index (κ1) is 18.6. The van der Waals surface area contributed by atoms with Crippen LogP contribution in [0.5, 0.6) is 0 Å². The number of oxazole rings is 1. The van der Waals surface area contributed by atoms with Gasteiger partial charge >= 0.3 is 6.03 Å². The van der Waals surface area contributed by atoms with Gasteiger partial charge in [-0.2, -0.15) is 4.98 Å². The third-order valence-corrected chi connectivity index (χ3v) is 3.75. The molecule has 2 aromatic heterocycles. The van der Waals surface area contributed by atoms with Gasteiger partial charge in [-0.3, -0.25) is 0 Å². The molecule has 9 heteroatoms. The van der Waals surface area contributed by atoms with Crippen LogP contribution in [-0.2, 0) is 24.2 Å². The first-order chi connectivity index (χ1) is 13.2. The van der Waals surface area contributed by atoms with Crippen LogP contribution < -0.4 is 10.6 Å². The second-order valence-electron chi connectivity index (χ2n) is 5.80. The van der Waals surface area contributed by atoms with Crippen molar-refractivity contribution in [1.29, 1.82) is 0 Å². The summed E-state index contributed by atoms with van der Waals surface area (Å²) in [6.45, 7) is 0.638. The predicted octanol–water partition coefficient (Wildman–Crippen LogP) is 2.03. The molecule has 3 aromatic rings. The Labute approximate surface area is 156 Å². The van der Waals surface area contributed by atoms with Crippen molar-refractivity contribution >= 4 is 6.03 Å². The Bertz CT molecular complexity index is 819. The molecule has 2 amide bonds. The van der Waals surface area contributed by atoms with Gasteiger partial charge in [-0.05, 0) is 5.56 Å². The van der Waals surface area contributed by atoms with Crippen molar-refractivity contribution in [2.75, 3.05) is 13.7 Å². The standard InChI is InChI=1S/C18H21N5O4/c1-25-12-15-22-16(27-23-15)7-8-20-18(24)21-14(17-19-9-10-26-17)11-13-5-3-2-4-6-13/h2-6,9-10,14H,7-8,11-12H2,1H3,(H2,20,21,24). The van der Waals surface area contributed by atoms with Crippen molar-refractivity contribution in [3.63, 3.8) is 0 Å². The molecule has 1 unspecified atom stereocenters. The van der Waals surface area contributed by atoms with Gasteiger partial charge in [-0.15, -0.1) is 0 Å². The van der Waals surface area contributed by atoms with E-state index >= 15 is 0 Å². The zero-order chi connectivity index (χ0) is 18.9. The molecule has 1 atom stereocenters.